The second-order valence-corrected chi connectivity index (χ2v) is 4.32. The number of halogens is 1. The van der Waals surface area contributed by atoms with E-state index in [2.05, 4.69) is 10.3 Å². The minimum Gasteiger partial charge on any atom is -0.357 e. The quantitative estimate of drug-likeness (QED) is 0.858. The Kier molecular flexibility index (Phi) is 3.16. The lowest BCUT2D eigenvalue weighted by Gasteiger charge is -2.13. The minimum absolute atomic E-state index is 0.0345. The molecule has 0 radical (unpaired) electrons. The molecule has 1 saturated heterocycles. The lowest BCUT2D eigenvalue weighted by Crippen LogP contribution is -2.31. The van der Waals surface area contributed by atoms with Gasteiger partial charge in [0, 0.05) is 19.8 Å². The summed E-state index contributed by atoms with van der Waals surface area (Å²) in [5.41, 5.74) is 0.399. The Balaban J connectivity index is 2.15. The second-order valence-electron chi connectivity index (χ2n) is 3.91. The van der Waals surface area contributed by atoms with Crippen molar-refractivity contribution in [1.29, 1.82) is 5.26 Å². The number of nitrogens with one attached hydrogen (secondary N) is 1. The summed E-state index contributed by atoms with van der Waals surface area (Å²) in [6.45, 7) is 0.727. The van der Waals surface area contributed by atoms with Crippen LogP contribution in [-0.2, 0) is 4.79 Å². The number of nitrogens with zero attached hydrogens (tertiary/aromatic N) is 3. The predicted octanol–water partition coefficient (Wildman–Crippen LogP) is 1.25. The molecule has 2 heterocycles. The average Bonchev–Trinajstić information content (AvgIpc) is 2.63. The van der Waals surface area contributed by atoms with Crippen LogP contribution in [0.3, 0.4) is 0 Å². The fourth-order valence-electron chi connectivity index (χ4n) is 1.73. The van der Waals surface area contributed by atoms with E-state index in [0.717, 1.165) is 13.0 Å². The van der Waals surface area contributed by atoms with Gasteiger partial charge < -0.3 is 10.2 Å². The molecule has 1 unspecified atom stereocenters. The van der Waals surface area contributed by atoms with E-state index in [1.165, 1.54) is 12.3 Å². The first-order valence-corrected chi connectivity index (χ1v) is 5.57. The number of likely N-dealkylation sites (N-methyl/N-ethyl adjacent to an activating group) is 1. The molecule has 1 aliphatic rings. The molecule has 0 aromatic carbocycles. The van der Waals surface area contributed by atoms with E-state index in [-0.39, 0.29) is 11.9 Å². The number of rotatable bonds is 2. The van der Waals surface area contributed by atoms with E-state index >= 15 is 0 Å². The lowest BCUT2D eigenvalue weighted by molar-refractivity contribution is -0.127. The van der Waals surface area contributed by atoms with E-state index < -0.39 is 0 Å². The Labute approximate surface area is 104 Å². The number of carbonyl (C=O) groups excluding carboxylic acids is 1. The summed E-state index contributed by atoms with van der Waals surface area (Å²) in [4.78, 5) is 17.4. The number of likely N-dealkylation sites (tertiary alicyclic amines) is 1. The molecule has 1 aromatic rings. The third-order valence-corrected chi connectivity index (χ3v) is 3.00. The average molecular weight is 251 g/mol. The molecule has 0 aliphatic carbocycles. The Morgan fingerprint density at radius 2 is 2.47 bits per heavy atom. The van der Waals surface area contributed by atoms with Crippen molar-refractivity contribution in [1.82, 2.24) is 9.88 Å². The molecule has 1 N–H and O–H groups in total. The first-order chi connectivity index (χ1) is 8.11. The van der Waals surface area contributed by atoms with Gasteiger partial charge >= 0.3 is 0 Å². The highest BCUT2D eigenvalue weighted by Crippen LogP contribution is 2.22. The summed E-state index contributed by atoms with van der Waals surface area (Å²) in [5, 5.41) is 12.0. The third kappa shape index (κ3) is 2.32. The number of hydrogen-bond acceptors (Lipinski definition) is 4. The fraction of sp³-hybridized carbons (Fsp3) is 0.364. The van der Waals surface area contributed by atoms with Gasteiger partial charge in [0.05, 0.1) is 10.6 Å². The van der Waals surface area contributed by atoms with Gasteiger partial charge in [-0.2, -0.15) is 5.26 Å². The van der Waals surface area contributed by atoms with Crippen molar-refractivity contribution in [3.63, 3.8) is 0 Å². The van der Waals surface area contributed by atoms with Crippen LogP contribution in [-0.4, -0.2) is 35.4 Å². The normalized spacial score (nSPS) is 19.2. The van der Waals surface area contributed by atoms with Gasteiger partial charge in [0.1, 0.15) is 17.9 Å². The summed E-state index contributed by atoms with van der Waals surface area (Å²) in [7, 11) is 1.76. The van der Waals surface area contributed by atoms with Crippen LogP contribution in [0.2, 0.25) is 5.02 Å². The van der Waals surface area contributed by atoms with E-state index in [1.807, 2.05) is 6.07 Å². The minimum atomic E-state index is -0.280. The molecule has 0 bridgehead atoms. The van der Waals surface area contributed by atoms with E-state index in [1.54, 1.807) is 11.9 Å². The molecule has 5 nitrogen and oxygen atoms in total. The SMILES string of the molecule is CN1CCC(Nc2ncc(C#N)cc2Cl)C1=O. The van der Waals surface area contributed by atoms with Crippen molar-refractivity contribution < 1.29 is 4.79 Å². The smallest absolute Gasteiger partial charge is 0.244 e. The molecular formula is C11H11ClN4O. The molecule has 1 aliphatic heterocycles. The van der Waals surface area contributed by atoms with Crippen LogP contribution >= 0.6 is 11.6 Å². The Morgan fingerprint density at radius 3 is 3.00 bits per heavy atom. The lowest BCUT2D eigenvalue weighted by atomic mass is 10.2. The molecule has 1 aromatic heterocycles. The van der Waals surface area contributed by atoms with Gasteiger partial charge in [-0.15, -0.1) is 0 Å². The zero-order valence-electron chi connectivity index (χ0n) is 9.27. The number of hydrogen-bond donors (Lipinski definition) is 1. The van der Waals surface area contributed by atoms with Gasteiger partial charge in [-0.3, -0.25) is 4.79 Å². The maximum atomic E-state index is 11.7. The van der Waals surface area contributed by atoms with Crippen molar-refractivity contribution in [3.05, 3.63) is 22.8 Å². The van der Waals surface area contributed by atoms with Gasteiger partial charge in [-0.25, -0.2) is 4.98 Å². The van der Waals surface area contributed by atoms with E-state index in [9.17, 15) is 4.79 Å². The molecule has 88 valence electrons. The van der Waals surface area contributed by atoms with Crippen molar-refractivity contribution in [2.24, 2.45) is 0 Å². The first kappa shape index (κ1) is 11.7. The monoisotopic (exact) mass is 250 g/mol. The number of anilines is 1. The van der Waals surface area contributed by atoms with Gasteiger partial charge in [-0.1, -0.05) is 11.6 Å². The standard InChI is InChI=1S/C11H11ClN4O/c1-16-3-2-9(11(16)17)15-10-8(12)4-7(5-13)6-14-10/h4,6,9H,2-3H2,1H3,(H,14,15). The Hall–Kier alpha value is -1.80. The maximum absolute atomic E-state index is 11.7. The largest absolute Gasteiger partial charge is 0.357 e. The molecule has 2 rings (SSSR count). The number of amides is 1. The van der Waals surface area contributed by atoms with Crippen molar-refractivity contribution in [3.8, 4) is 6.07 Å². The summed E-state index contributed by atoms with van der Waals surface area (Å²) in [5.74, 6) is 0.478. The number of aromatic nitrogens is 1. The highest BCUT2D eigenvalue weighted by molar-refractivity contribution is 6.33. The van der Waals surface area contributed by atoms with Crippen molar-refractivity contribution >= 4 is 23.3 Å². The summed E-state index contributed by atoms with van der Waals surface area (Å²) in [6.07, 6.45) is 2.16. The summed E-state index contributed by atoms with van der Waals surface area (Å²) >= 11 is 5.97. The van der Waals surface area contributed by atoms with E-state index in [0.29, 0.717) is 16.4 Å². The van der Waals surface area contributed by atoms with E-state index in [4.69, 9.17) is 16.9 Å². The predicted molar refractivity (Wildman–Crippen MR) is 63.6 cm³/mol. The molecule has 0 saturated carbocycles. The van der Waals surface area contributed by atoms with Crippen LogP contribution in [0, 0.1) is 11.3 Å². The Bertz CT molecular complexity index is 497. The summed E-state index contributed by atoms with van der Waals surface area (Å²) in [6, 6.07) is 3.20. The van der Waals surface area contributed by atoms with Crippen LogP contribution in [0.5, 0.6) is 0 Å². The van der Waals surface area contributed by atoms with Gasteiger partial charge in [0.2, 0.25) is 5.91 Å². The van der Waals surface area contributed by atoms with Gasteiger partial charge in [0.15, 0.2) is 0 Å². The molecule has 17 heavy (non-hydrogen) atoms. The zero-order chi connectivity index (χ0) is 12.4. The summed E-state index contributed by atoms with van der Waals surface area (Å²) < 4.78 is 0. The van der Waals surface area contributed by atoms with Crippen LogP contribution in [0.1, 0.15) is 12.0 Å². The second kappa shape index (κ2) is 4.60. The molecule has 0 spiro atoms. The Morgan fingerprint density at radius 1 is 1.71 bits per heavy atom. The fourth-order valence-corrected chi connectivity index (χ4v) is 1.95. The zero-order valence-corrected chi connectivity index (χ0v) is 10.0. The van der Waals surface area contributed by atoms with Crippen molar-refractivity contribution in [2.45, 2.75) is 12.5 Å². The first-order valence-electron chi connectivity index (χ1n) is 5.19. The van der Waals surface area contributed by atoms with Crippen LogP contribution in [0.4, 0.5) is 5.82 Å². The molecule has 6 heteroatoms. The van der Waals surface area contributed by atoms with Gasteiger partial charge in [0.25, 0.3) is 0 Å². The van der Waals surface area contributed by atoms with Crippen LogP contribution in [0.15, 0.2) is 12.3 Å². The highest BCUT2D eigenvalue weighted by Gasteiger charge is 2.29. The van der Waals surface area contributed by atoms with Gasteiger partial charge in [-0.05, 0) is 12.5 Å². The van der Waals surface area contributed by atoms with Crippen LogP contribution < -0.4 is 5.32 Å². The third-order valence-electron chi connectivity index (χ3n) is 2.71. The number of carbonyl (C=O) groups is 1. The maximum Gasteiger partial charge on any atom is 0.244 e. The van der Waals surface area contributed by atoms with Crippen LogP contribution in [0.25, 0.3) is 0 Å². The molecule has 1 atom stereocenters. The molecular weight excluding hydrogens is 240 g/mol. The number of nitriles is 1. The van der Waals surface area contributed by atoms with Crippen molar-refractivity contribution in [2.75, 3.05) is 18.9 Å². The topological polar surface area (TPSA) is 69.0 Å². The highest BCUT2D eigenvalue weighted by atomic mass is 35.5. The molecule has 1 fully saturated rings. The molecule has 1 amide bonds. The number of pyridine rings is 1.